The summed E-state index contributed by atoms with van der Waals surface area (Å²) in [6.07, 6.45) is 0.569. The van der Waals surface area contributed by atoms with Crippen molar-refractivity contribution in [2.45, 2.75) is 24.8 Å². The molecule has 0 aliphatic rings. The van der Waals surface area contributed by atoms with E-state index in [1.54, 1.807) is 7.11 Å². The van der Waals surface area contributed by atoms with Gasteiger partial charge in [-0.15, -0.1) is 0 Å². The zero-order chi connectivity index (χ0) is 14.5. The highest BCUT2D eigenvalue weighted by molar-refractivity contribution is 7.89. The van der Waals surface area contributed by atoms with Crippen LogP contribution in [0.2, 0.25) is 0 Å². The minimum atomic E-state index is -3.64. The Morgan fingerprint density at radius 2 is 2.11 bits per heavy atom. The SMILES string of the molecule is COCCCNS(=O)(=O)c1cc(C)c(F)c(CN)c1. The van der Waals surface area contributed by atoms with E-state index in [4.69, 9.17) is 10.5 Å². The summed E-state index contributed by atoms with van der Waals surface area (Å²) in [5.41, 5.74) is 5.86. The Labute approximate surface area is 113 Å². The molecule has 19 heavy (non-hydrogen) atoms. The molecule has 1 aromatic rings. The quantitative estimate of drug-likeness (QED) is 0.731. The Kier molecular flexibility index (Phi) is 5.86. The highest BCUT2D eigenvalue weighted by Crippen LogP contribution is 2.18. The van der Waals surface area contributed by atoms with Crippen molar-refractivity contribution in [3.63, 3.8) is 0 Å². The van der Waals surface area contributed by atoms with E-state index < -0.39 is 15.8 Å². The first-order valence-electron chi connectivity index (χ1n) is 5.90. The molecule has 0 atom stereocenters. The smallest absolute Gasteiger partial charge is 0.240 e. The fraction of sp³-hybridized carbons (Fsp3) is 0.500. The van der Waals surface area contributed by atoms with Gasteiger partial charge in [0.15, 0.2) is 0 Å². The largest absolute Gasteiger partial charge is 0.385 e. The Bertz CT molecular complexity index is 532. The lowest BCUT2D eigenvalue weighted by Gasteiger charge is -2.10. The summed E-state index contributed by atoms with van der Waals surface area (Å²) in [6.45, 7) is 2.21. The number of methoxy groups -OCH3 is 1. The number of halogens is 1. The van der Waals surface area contributed by atoms with E-state index in [1.807, 2.05) is 0 Å². The summed E-state index contributed by atoms with van der Waals surface area (Å²) in [6, 6.07) is 2.56. The highest BCUT2D eigenvalue weighted by Gasteiger charge is 2.17. The molecule has 0 aliphatic carbocycles. The number of rotatable bonds is 7. The number of nitrogens with two attached hydrogens (primary N) is 1. The molecule has 0 unspecified atom stereocenters. The first-order chi connectivity index (χ1) is 8.92. The standard InChI is InChI=1S/C12H19FN2O3S/c1-9-6-11(7-10(8-14)12(9)13)19(16,17)15-4-3-5-18-2/h6-7,15H,3-5,8,14H2,1-2H3. The van der Waals surface area contributed by atoms with Crippen LogP contribution in [0, 0.1) is 12.7 Å². The first-order valence-corrected chi connectivity index (χ1v) is 7.38. The van der Waals surface area contributed by atoms with Gasteiger partial charge in [0.2, 0.25) is 10.0 Å². The fourth-order valence-electron chi connectivity index (χ4n) is 1.62. The number of nitrogens with one attached hydrogen (secondary N) is 1. The van der Waals surface area contributed by atoms with Crippen LogP contribution in [0.4, 0.5) is 4.39 Å². The molecule has 0 aliphatic heterocycles. The van der Waals surface area contributed by atoms with Crippen LogP contribution < -0.4 is 10.5 Å². The average molecular weight is 290 g/mol. The van der Waals surface area contributed by atoms with Crippen molar-refractivity contribution in [2.24, 2.45) is 5.73 Å². The Balaban J connectivity index is 2.92. The Morgan fingerprint density at radius 3 is 2.68 bits per heavy atom. The van der Waals surface area contributed by atoms with Crippen molar-refractivity contribution in [1.29, 1.82) is 0 Å². The first kappa shape index (κ1) is 16.0. The third kappa shape index (κ3) is 4.24. The van der Waals surface area contributed by atoms with Crippen molar-refractivity contribution in [3.8, 4) is 0 Å². The van der Waals surface area contributed by atoms with Crippen molar-refractivity contribution < 1.29 is 17.5 Å². The van der Waals surface area contributed by atoms with Crippen LogP contribution in [-0.2, 0) is 21.3 Å². The molecule has 0 radical (unpaired) electrons. The molecule has 3 N–H and O–H groups in total. The molecule has 0 bridgehead atoms. The second kappa shape index (κ2) is 6.95. The highest BCUT2D eigenvalue weighted by atomic mass is 32.2. The van der Waals surface area contributed by atoms with E-state index in [2.05, 4.69) is 4.72 Å². The lowest BCUT2D eigenvalue weighted by molar-refractivity contribution is 0.196. The van der Waals surface area contributed by atoms with E-state index in [0.717, 1.165) is 0 Å². The topological polar surface area (TPSA) is 81.4 Å². The van der Waals surface area contributed by atoms with Crippen LogP contribution in [0.3, 0.4) is 0 Å². The molecule has 108 valence electrons. The zero-order valence-electron chi connectivity index (χ0n) is 11.1. The normalized spacial score (nSPS) is 11.8. The van der Waals surface area contributed by atoms with Crippen LogP contribution >= 0.6 is 0 Å². The molecule has 1 aromatic carbocycles. The molecule has 0 amide bonds. The van der Waals surface area contributed by atoms with Gasteiger partial charge >= 0.3 is 0 Å². The van der Waals surface area contributed by atoms with Crippen molar-refractivity contribution in [2.75, 3.05) is 20.3 Å². The Morgan fingerprint density at radius 1 is 1.42 bits per heavy atom. The molecule has 7 heteroatoms. The molecule has 0 heterocycles. The number of sulfonamides is 1. The maximum Gasteiger partial charge on any atom is 0.240 e. The summed E-state index contributed by atoms with van der Waals surface area (Å²) in [5.74, 6) is -0.458. The fourth-order valence-corrected chi connectivity index (χ4v) is 2.83. The lowest BCUT2D eigenvalue weighted by atomic mass is 10.1. The van der Waals surface area contributed by atoms with E-state index >= 15 is 0 Å². The predicted octanol–water partition coefficient (Wildman–Crippen LogP) is 0.908. The van der Waals surface area contributed by atoms with E-state index in [9.17, 15) is 12.8 Å². The minimum Gasteiger partial charge on any atom is -0.385 e. The van der Waals surface area contributed by atoms with Crippen LogP contribution in [-0.4, -0.2) is 28.7 Å². The molecule has 0 spiro atoms. The number of aryl methyl sites for hydroxylation is 1. The van der Waals surface area contributed by atoms with Crippen LogP contribution in [0.1, 0.15) is 17.5 Å². The van der Waals surface area contributed by atoms with Crippen molar-refractivity contribution in [3.05, 3.63) is 29.1 Å². The van der Waals surface area contributed by atoms with Crippen LogP contribution in [0.25, 0.3) is 0 Å². The van der Waals surface area contributed by atoms with Gasteiger partial charge < -0.3 is 10.5 Å². The molecular formula is C12H19FN2O3S. The van der Waals surface area contributed by atoms with E-state index in [-0.39, 0.29) is 29.1 Å². The van der Waals surface area contributed by atoms with Gasteiger partial charge in [-0.05, 0) is 31.0 Å². The van der Waals surface area contributed by atoms with Gasteiger partial charge in [0.05, 0.1) is 4.90 Å². The third-order valence-corrected chi connectivity index (χ3v) is 4.09. The lowest BCUT2D eigenvalue weighted by Crippen LogP contribution is -2.26. The maximum absolute atomic E-state index is 13.6. The van der Waals surface area contributed by atoms with E-state index in [1.165, 1.54) is 19.1 Å². The second-order valence-corrected chi connectivity index (χ2v) is 5.93. The Hall–Kier alpha value is -1.02. The van der Waals surface area contributed by atoms with Crippen LogP contribution in [0.5, 0.6) is 0 Å². The molecule has 0 saturated heterocycles. The van der Waals surface area contributed by atoms with Gasteiger partial charge in [-0.2, -0.15) is 0 Å². The number of hydrogen-bond donors (Lipinski definition) is 2. The molecule has 5 nitrogen and oxygen atoms in total. The molecule has 0 saturated carbocycles. The van der Waals surface area contributed by atoms with E-state index in [0.29, 0.717) is 13.0 Å². The molecular weight excluding hydrogens is 271 g/mol. The van der Waals surface area contributed by atoms with Crippen molar-refractivity contribution in [1.82, 2.24) is 4.72 Å². The third-order valence-electron chi connectivity index (χ3n) is 2.65. The molecule has 0 aromatic heterocycles. The van der Waals surface area contributed by atoms with Gasteiger partial charge in [0.1, 0.15) is 5.82 Å². The monoisotopic (exact) mass is 290 g/mol. The van der Waals surface area contributed by atoms with Gasteiger partial charge in [-0.3, -0.25) is 0 Å². The number of ether oxygens (including phenoxy) is 1. The van der Waals surface area contributed by atoms with Gasteiger partial charge in [0.25, 0.3) is 0 Å². The number of hydrogen-bond acceptors (Lipinski definition) is 4. The van der Waals surface area contributed by atoms with Crippen LogP contribution in [0.15, 0.2) is 17.0 Å². The second-order valence-electron chi connectivity index (χ2n) is 4.16. The van der Waals surface area contributed by atoms with Gasteiger partial charge in [-0.1, -0.05) is 0 Å². The summed E-state index contributed by atoms with van der Waals surface area (Å²) >= 11 is 0. The average Bonchev–Trinajstić information content (AvgIpc) is 2.37. The van der Waals surface area contributed by atoms with Crippen molar-refractivity contribution >= 4 is 10.0 Å². The summed E-state index contributed by atoms with van der Waals surface area (Å²) in [7, 11) is -2.09. The maximum atomic E-state index is 13.6. The summed E-state index contributed by atoms with van der Waals surface area (Å²) < 4.78 is 44.9. The molecule has 0 fully saturated rings. The molecule has 1 rings (SSSR count). The summed E-state index contributed by atoms with van der Waals surface area (Å²) in [5, 5.41) is 0. The predicted molar refractivity (Wildman–Crippen MR) is 70.7 cm³/mol. The van der Waals surface area contributed by atoms with Gasteiger partial charge in [-0.25, -0.2) is 17.5 Å². The van der Waals surface area contributed by atoms with Gasteiger partial charge in [0, 0.05) is 32.4 Å². The minimum absolute atomic E-state index is 0.0317. The zero-order valence-corrected chi connectivity index (χ0v) is 11.9. The summed E-state index contributed by atoms with van der Waals surface area (Å²) in [4.78, 5) is 0.0317. The number of benzene rings is 1.